The Bertz CT molecular complexity index is 1170. The van der Waals surface area contributed by atoms with Gasteiger partial charge in [-0.05, 0) is 47.9 Å². The lowest BCUT2D eigenvalue weighted by molar-refractivity contribution is -0.140. The molecule has 0 aliphatic carbocycles. The van der Waals surface area contributed by atoms with Crippen LogP contribution in [0.5, 0.6) is 0 Å². The Hall–Kier alpha value is -2.74. The number of aliphatic carboxylic acids is 1. The van der Waals surface area contributed by atoms with E-state index < -0.39 is 28.0 Å². The van der Waals surface area contributed by atoms with Crippen LogP contribution in [0.25, 0.3) is 10.8 Å². The molecule has 4 rings (SSSR count). The Labute approximate surface area is 175 Å². The van der Waals surface area contributed by atoms with Gasteiger partial charge in [-0.3, -0.25) is 4.79 Å². The van der Waals surface area contributed by atoms with Crippen LogP contribution in [-0.2, 0) is 19.6 Å². The predicted octanol–water partition coefficient (Wildman–Crippen LogP) is 3.66. The number of carbonyl (C=O) groups is 1. The molecule has 3 atom stereocenters. The monoisotopic (exact) mass is 425 g/mol. The van der Waals surface area contributed by atoms with Gasteiger partial charge in [0.25, 0.3) is 0 Å². The Morgan fingerprint density at radius 2 is 1.77 bits per heavy atom. The minimum absolute atomic E-state index is 0.0457. The van der Waals surface area contributed by atoms with Crippen molar-refractivity contribution in [2.24, 2.45) is 5.92 Å². The number of hydrogen-bond acceptors (Lipinski definition) is 4. The van der Waals surface area contributed by atoms with Crippen molar-refractivity contribution in [1.82, 2.24) is 4.72 Å². The van der Waals surface area contributed by atoms with E-state index in [2.05, 4.69) is 4.72 Å². The average molecular weight is 426 g/mol. The quantitative estimate of drug-likeness (QED) is 0.629. The Morgan fingerprint density at radius 3 is 2.47 bits per heavy atom. The van der Waals surface area contributed by atoms with Crippen LogP contribution < -0.4 is 4.72 Å². The molecule has 1 heterocycles. The number of carboxylic acids is 1. The molecule has 0 bridgehead atoms. The number of ether oxygens (including phenoxy) is 1. The Balaban J connectivity index is 1.52. The number of fused-ring (bicyclic) bond motifs is 1. The van der Waals surface area contributed by atoms with Gasteiger partial charge >= 0.3 is 5.97 Å². The van der Waals surface area contributed by atoms with Gasteiger partial charge in [0.05, 0.1) is 17.6 Å². The lowest BCUT2D eigenvalue weighted by Gasteiger charge is -2.20. The van der Waals surface area contributed by atoms with E-state index in [9.17, 15) is 18.3 Å². The molecule has 1 saturated heterocycles. The molecule has 0 amide bonds. The minimum atomic E-state index is -3.96. The Morgan fingerprint density at radius 1 is 1.07 bits per heavy atom. The second-order valence-corrected chi connectivity index (χ2v) is 9.39. The molecule has 2 N–H and O–H groups in total. The van der Waals surface area contributed by atoms with Gasteiger partial charge in [-0.2, -0.15) is 4.72 Å². The lowest BCUT2D eigenvalue weighted by atomic mass is 9.94. The second-order valence-electron chi connectivity index (χ2n) is 7.67. The molecule has 7 heteroatoms. The van der Waals surface area contributed by atoms with E-state index in [0.29, 0.717) is 6.42 Å². The highest BCUT2D eigenvalue weighted by atomic mass is 32.2. The SMILES string of the molecule is Cc1ccc(S(=O)(=O)NC(C(=O)O)[C@@H]2CO[C@@H](c3ccc4ccccc4c3)C2)cc1. The van der Waals surface area contributed by atoms with Crippen molar-refractivity contribution in [1.29, 1.82) is 0 Å². The van der Waals surface area contributed by atoms with Crippen LogP contribution in [0.4, 0.5) is 0 Å². The summed E-state index contributed by atoms with van der Waals surface area (Å²) in [7, 11) is -3.96. The summed E-state index contributed by atoms with van der Waals surface area (Å²) in [6, 6.07) is 19.0. The first-order valence-electron chi connectivity index (χ1n) is 9.75. The van der Waals surface area contributed by atoms with Gasteiger partial charge in [0.1, 0.15) is 6.04 Å². The molecule has 0 spiro atoms. The van der Waals surface area contributed by atoms with Gasteiger partial charge in [0.2, 0.25) is 10.0 Å². The molecule has 1 aliphatic rings. The molecule has 3 aromatic rings. The summed E-state index contributed by atoms with van der Waals surface area (Å²) in [4.78, 5) is 11.9. The minimum Gasteiger partial charge on any atom is -0.480 e. The van der Waals surface area contributed by atoms with Gasteiger partial charge in [-0.1, -0.05) is 54.1 Å². The highest BCUT2D eigenvalue weighted by Gasteiger charge is 2.39. The van der Waals surface area contributed by atoms with E-state index in [-0.39, 0.29) is 17.6 Å². The fourth-order valence-electron chi connectivity index (χ4n) is 3.82. The van der Waals surface area contributed by atoms with E-state index in [1.807, 2.05) is 49.4 Å². The lowest BCUT2D eigenvalue weighted by Crippen LogP contribution is -2.46. The largest absolute Gasteiger partial charge is 0.480 e. The van der Waals surface area contributed by atoms with Crippen LogP contribution in [0.3, 0.4) is 0 Å². The maximum atomic E-state index is 12.7. The second kappa shape index (κ2) is 8.18. The fourth-order valence-corrected chi connectivity index (χ4v) is 5.08. The third-order valence-corrected chi connectivity index (χ3v) is 6.98. The standard InChI is InChI=1S/C23H23NO5S/c1-15-6-10-20(11-7-15)30(27,28)24-22(23(25)26)19-13-21(29-14-19)18-9-8-16-4-2-3-5-17(16)12-18/h2-12,19,21-22,24H,13-14H2,1H3,(H,25,26)/t19-,21+,22?/m0/s1. The van der Waals surface area contributed by atoms with E-state index in [1.54, 1.807) is 12.1 Å². The van der Waals surface area contributed by atoms with Crippen LogP contribution in [0.15, 0.2) is 71.6 Å². The zero-order valence-electron chi connectivity index (χ0n) is 16.5. The van der Waals surface area contributed by atoms with Crippen LogP contribution in [0.1, 0.15) is 23.7 Å². The molecule has 156 valence electrons. The molecule has 0 aromatic heterocycles. The van der Waals surface area contributed by atoms with Crippen LogP contribution in [-0.4, -0.2) is 32.1 Å². The summed E-state index contributed by atoms with van der Waals surface area (Å²) in [5.41, 5.74) is 1.88. The van der Waals surface area contributed by atoms with E-state index in [0.717, 1.165) is 21.9 Å². The number of hydrogen-bond donors (Lipinski definition) is 2. The normalized spacial score (nSPS) is 20.3. The summed E-state index contributed by atoms with van der Waals surface area (Å²) >= 11 is 0. The van der Waals surface area contributed by atoms with Crippen molar-refractivity contribution in [2.45, 2.75) is 30.4 Å². The molecule has 6 nitrogen and oxygen atoms in total. The van der Waals surface area contributed by atoms with Gasteiger partial charge in [0.15, 0.2) is 0 Å². The van der Waals surface area contributed by atoms with Crippen LogP contribution in [0, 0.1) is 12.8 Å². The smallest absolute Gasteiger partial charge is 0.322 e. The van der Waals surface area contributed by atoms with Crippen molar-refractivity contribution in [3.63, 3.8) is 0 Å². The first-order chi connectivity index (χ1) is 14.3. The van der Waals surface area contributed by atoms with Gasteiger partial charge in [0, 0.05) is 5.92 Å². The number of carboxylic acid groups (broad SMARTS) is 1. The maximum absolute atomic E-state index is 12.7. The summed E-state index contributed by atoms with van der Waals surface area (Å²) in [6.45, 7) is 2.03. The zero-order chi connectivity index (χ0) is 21.3. The number of rotatable bonds is 6. The third-order valence-electron chi connectivity index (χ3n) is 5.52. The predicted molar refractivity (Wildman–Crippen MR) is 114 cm³/mol. The summed E-state index contributed by atoms with van der Waals surface area (Å²) < 4.78 is 33.6. The summed E-state index contributed by atoms with van der Waals surface area (Å²) in [5, 5.41) is 11.9. The molecule has 30 heavy (non-hydrogen) atoms. The number of sulfonamides is 1. The van der Waals surface area contributed by atoms with Crippen molar-refractivity contribution in [3.8, 4) is 0 Å². The van der Waals surface area contributed by atoms with Gasteiger partial charge in [-0.15, -0.1) is 0 Å². The zero-order valence-corrected chi connectivity index (χ0v) is 17.3. The molecule has 1 fully saturated rings. The molecule has 1 aliphatic heterocycles. The molecule has 1 unspecified atom stereocenters. The highest BCUT2D eigenvalue weighted by molar-refractivity contribution is 7.89. The van der Waals surface area contributed by atoms with Crippen molar-refractivity contribution < 1.29 is 23.1 Å². The summed E-state index contributed by atoms with van der Waals surface area (Å²) in [6.07, 6.45) is 0.150. The van der Waals surface area contributed by atoms with Crippen molar-refractivity contribution in [3.05, 3.63) is 77.9 Å². The van der Waals surface area contributed by atoms with E-state index in [1.165, 1.54) is 12.1 Å². The highest BCUT2D eigenvalue weighted by Crippen LogP contribution is 2.35. The molecule has 3 aromatic carbocycles. The van der Waals surface area contributed by atoms with Gasteiger partial charge < -0.3 is 9.84 Å². The molecule has 0 saturated carbocycles. The Kier molecular flexibility index (Phi) is 5.60. The average Bonchev–Trinajstić information content (AvgIpc) is 3.22. The first-order valence-corrected chi connectivity index (χ1v) is 11.2. The first kappa shape index (κ1) is 20.5. The number of benzene rings is 3. The fraction of sp³-hybridized carbons (Fsp3) is 0.261. The van der Waals surface area contributed by atoms with Gasteiger partial charge in [-0.25, -0.2) is 8.42 Å². The van der Waals surface area contributed by atoms with Crippen molar-refractivity contribution >= 4 is 26.8 Å². The number of nitrogens with one attached hydrogen (secondary N) is 1. The van der Waals surface area contributed by atoms with Crippen LogP contribution in [0.2, 0.25) is 0 Å². The molecule has 0 radical (unpaired) electrons. The summed E-state index contributed by atoms with van der Waals surface area (Å²) in [5.74, 6) is -1.68. The topological polar surface area (TPSA) is 92.7 Å². The molecular weight excluding hydrogens is 402 g/mol. The third kappa shape index (κ3) is 4.23. The number of aryl methyl sites for hydroxylation is 1. The van der Waals surface area contributed by atoms with E-state index >= 15 is 0 Å². The van der Waals surface area contributed by atoms with E-state index in [4.69, 9.17) is 4.74 Å². The van der Waals surface area contributed by atoms with Crippen molar-refractivity contribution in [2.75, 3.05) is 6.61 Å². The molecular formula is C23H23NO5S. The maximum Gasteiger partial charge on any atom is 0.322 e. The van der Waals surface area contributed by atoms with Crippen LogP contribution >= 0.6 is 0 Å².